The van der Waals surface area contributed by atoms with Gasteiger partial charge in [-0.15, -0.1) is 0 Å². The van der Waals surface area contributed by atoms with E-state index in [0.29, 0.717) is 5.69 Å². The summed E-state index contributed by atoms with van der Waals surface area (Å²) in [7, 11) is 0. The van der Waals surface area contributed by atoms with Gasteiger partial charge in [-0.05, 0) is 50.3 Å². The van der Waals surface area contributed by atoms with Crippen molar-refractivity contribution in [2.75, 3.05) is 17.2 Å². The van der Waals surface area contributed by atoms with Crippen LogP contribution in [0.5, 0.6) is 0 Å². The number of thioether (sulfide) groups is 1. The molecule has 0 aliphatic heterocycles. The van der Waals surface area contributed by atoms with Crippen LogP contribution < -0.4 is 4.90 Å². The fraction of sp³-hybridized carbons (Fsp3) is 0.526. The molecule has 0 radical (unpaired) electrons. The topological polar surface area (TPSA) is 74.7 Å². The Balaban J connectivity index is 3.04. The van der Waals surface area contributed by atoms with E-state index in [2.05, 4.69) is 0 Å². The predicted octanol–water partition coefficient (Wildman–Crippen LogP) is 3.73. The summed E-state index contributed by atoms with van der Waals surface area (Å²) in [6.45, 7) is 9.14. The summed E-state index contributed by atoms with van der Waals surface area (Å²) in [5, 5.41) is 9.21. The van der Waals surface area contributed by atoms with Gasteiger partial charge in [0.05, 0.1) is 11.4 Å². The minimum Gasteiger partial charge on any atom is -0.480 e. The second-order valence-corrected chi connectivity index (χ2v) is 7.15. The molecule has 0 saturated heterocycles. The van der Waals surface area contributed by atoms with Crippen molar-refractivity contribution < 1.29 is 19.5 Å². The van der Waals surface area contributed by atoms with Crippen LogP contribution in [0.25, 0.3) is 0 Å². The Bertz CT molecular complexity index is 653. The quantitative estimate of drug-likeness (QED) is 0.760. The Kier molecular flexibility index (Phi) is 8.16. The maximum absolute atomic E-state index is 12.7. The number of nitrogens with zero attached hydrogens (tertiary/aromatic N) is 1. The van der Waals surface area contributed by atoms with Gasteiger partial charge in [-0.3, -0.25) is 19.3 Å². The van der Waals surface area contributed by atoms with Crippen molar-refractivity contribution >= 4 is 34.4 Å². The third-order valence-electron chi connectivity index (χ3n) is 4.42. The lowest BCUT2D eigenvalue weighted by Crippen LogP contribution is -2.38. The summed E-state index contributed by atoms with van der Waals surface area (Å²) in [6, 6.07) is 3.82. The highest BCUT2D eigenvalue weighted by Gasteiger charge is 2.24. The molecule has 25 heavy (non-hydrogen) atoms. The highest BCUT2D eigenvalue weighted by atomic mass is 32.2. The number of benzene rings is 1. The molecular weight excluding hydrogens is 338 g/mol. The predicted molar refractivity (Wildman–Crippen MR) is 102 cm³/mol. The van der Waals surface area contributed by atoms with Gasteiger partial charge in [0.1, 0.15) is 6.54 Å². The van der Waals surface area contributed by atoms with Crippen molar-refractivity contribution in [2.24, 2.45) is 5.92 Å². The normalized spacial score (nSPS) is 10.8. The molecule has 138 valence electrons. The summed E-state index contributed by atoms with van der Waals surface area (Å²) in [5.41, 5.74) is 3.34. The van der Waals surface area contributed by atoms with Crippen LogP contribution in [-0.4, -0.2) is 34.4 Å². The molecule has 0 spiro atoms. The molecule has 0 unspecified atom stereocenters. The number of amides is 1. The lowest BCUT2D eigenvalue weighted by molar-refractivity contribution is -0.136. The fourth-order valence-corrected chi connectivity index (χ4v) is 3.72. The van der Waals surface area contributed by atoms with Crippen LogP contribution in [0.1, 0.15) is 43.4 Å². The van der Waals surface area contributed by atoms with Crippen molar-refractivity contribution in [1.82, 2.24) is 0 Å². The van der Waals surface area contributed by atoms with E-state index in [4.69, 9.17) is 0 Å². The first kappa shape index (κ1) is 21.2. The van der Waals surface area contributed by atoms with Gasteiger partial charge in [0.2, 0.25) is 5.91 Å². The van der Waals surface area contributed by atoms with Crippen LogP contribution in [0.4, 0.5) is 5.69 Å². The van der Waals surface area contributed by atoms with Crippen LogP contribution in [0, 0.1) is 26.7 Å². The van der Waals surface area contributed by atoms with Gasteiger partial charge in [-0.1, -0.05) is 37.7 Å². The zero-order chi connectivity index (χ0) is 19.1. The van der Waals surface area contributed by atoms with Crippen LogP contribution in [0.2, 0.25) is 0 Å². The van der Waals surface area contributed by atoms with Gasteiger partial charge in [0, 0.05) is 5.92 Å². The highest BCUT2D eigenvalue weighted by molar-refractivity contribution is 8.14. The van der Waals surface area contributed by atoms with Gasteiger partial charge in [-0.25, -0.2) is 0 Å². The zero-order valence-electron chi connectivity index (χ0n) is 15.6. The molecule has 5 nitrogen and oxygen atoms in total. The Labute approximate surface area is 153 Å². The Morgan fingerprint density at radius 3 is 2.16 bits per heavy atom. The first-order chi connectivity index (χ1) is 11.7. The summed E-state index contributed by atoms with van der Waals surface area (Å²) >= 11 is 0.985. The van der Waals surface area contributed by atoms with E-state index < -0.39 is 12.5 Å². The minimum absolute atomic E-state index is 0.00805. The number of carboxylic acids is 1. The summed E-state index contributed by atoms with van der Waals surface area (Å²) in [4.78, 5) is 37.4. The SMILES string of the molecule is CCC(CC)C(=O)SCC(=O)N(CC(=O)O)c1c(C)ccc(C)c1C. The molecule has 1 rings (SSSR count). The Morgan fingerprint density at radius 1 is 1.08 bits per heavy atom. The molecule has 0 atom stereocenters. The molecule has 1 N–H and O–H groups in total. The number of aliphatic carboxylic acids is 1. The molecule has 0 fully saturated rings. The molecule has 6 heteroatoms. The average molecular weight is 365 g/mol. The fourth-order valence-electron chi connectivity index (χ4n) is 2.73. The number of rotatable bonds is 8. The van der Waals surface area contributed by atoms with Crippen molar-refractivity contribution in [1.29, 1.82) is 0 Å². The van der Waals surface area contributed by atoms with Gasteiger partial charge in [-0.2, -0.15) is 0 Å². The highest BCUT2D eigenvalue weighted by Crippen LogP contribution is 2.28. The van der Waals surface area contributed by atoms with Gasteiger partial charge < -0.3 is 5.11 Å². The van der Waals surface area contributed by atoms with Crippen LogP contribution in [0.3, 0.4) is 0 Å². The smallest absolute Gasteiger partial charge is 0.323 e. The van der Waals surface area contributed by atoms with E-state index in [1.54, 1.807) is 0 Å². The van der Waals surface area contributed by atoms with Gasteiger partial charge in [0.15, 0.2) is 5.12 Å². The number of aryl methyl sites for hydroxylation is 2. The molecule has 1 aromatic rings. The van der Waals surface area contributed by atoms with E-state index in [1.165, 1.54) is 4.90 Å². The monoisotopic (exact) mass is 365 g/mol. The summed E-state index contributed by atoms with van der Waals surface area (Å²) in [5.74, 6) is -1.54. The third kappa shape index (κ3) is 5.59. The summed E-state index contributed by atoms with van der Waals surface area (Å²) < 4.78 is 0. The van der Waals surface area contributed by atoms with E-state index in [9.17, 15) is 19.5 Å². The van der Waals surface area contributed by atoms with E-state index in [0.717, 1.165) is 41.3 Å². The maximum atomic E-state index is 12.7. The third-order valence-corrected chi connectivity index (χ3v) is 5.43. The van der Waals surface area contributed by atoms with E-state index in [1.807, 2.05) is 46.8 Å². The molecule has 0 bridgehead atoms. The second-order valence-electron chi connectivity index (χ2n) is 6.17. The maximum Gasteiger partial charge on any atom is 0.323 e. The van der Waals surface area contributed by atoms with Crippen molar-refractivity contribution in [3.05, 3.63) is 28.8 Å². The molecule has 1 aromatic carbocycles. The van der Waals surface area contributed by atoms with Crippen LogP contribution in [-0.2, 0) is 14.4 Å². The number of carbonyl (C=O) groups excluding carboxylic acids is 2. The number of anilines is 1. The number of carboxylic acid groups (broad SMARTS) is 1. The van der Waals surface area contributed by atoms with Crippen molar-refractivity contribution in [3.63, 3.8) is 0 Å². The first-order valence-corrected chi connectivity index (χ1v) is 9.46. The molecule has 0 aromatic heterocycles. The van der Waals surface area contributed by atoms with Crippen LogP contribution >= 0.6 is 11.8 Å². The Hall–Kier alpha value is -1.82. The first-order valence-electron chi connectivity index (χ1n) is 8.48. The zero-order valence-corrected chi connectivity index (χ0v) is 16.4. The molecule has 0 saturated carbocycles. The molecule has 0 heterocycles. The molecule has 0 aliphatic carbocycles. The molecule has 0 aliphatic rings. The number of hydrogen-bond donors (Lipinski definition) is 1. The lowest BCUT2D eigenvalue weighted by Gasteiger charge is -2.25. The minimum atomic E-state index is -1.08. The van der Waals surface area contributed by atoms with E-state index >= 15 is 0 Å². The molecular formula is C19H27NO4S. The largest absolute Gasteiger partial charge is 0.480 e. The average Bonchev–Trinajstić information content (AvgIpc) is 2.56. The second kappa shape index (κ2) is 9.61. The molecule has 1 amide bonds. The lowest BCUT2D eigenvalue weighted by atomic mass is 10.0. The summed E-state index contributed by atoms with van der Waals surface area (Å²) in [6.07, 6.45) is 1.48. The van der Waals surface area contributed by atoms with Gasteiger partial charge in [0.25, 0.3) is 0 Å². The van der Waals surface area contributed by atoms with Crippen molar-refractivity contribution in [2.45, 2.75) is 47.5 Å². The van der Waals surface area contributed by atoms with Crippen molar-refractivity contribution in [3.8, 4) is 0 Å². The van der Waals surface area contributed by atoms with Gasteiger partial charge >= 0.3 is 5.97 Å². The standard InChI is InChI=1S/C19H27NO4S/c1-6-15(7-2)19(24)25-11-16(21)20(10-17(22)23)18-13(4)9-8-12(3)14(18)5/h8-9,15H,6-7,10-11H2,1-5H3,(H,22,23). The van der Waals surface area contributed by atoms with E-state index in [-0.39, 0.29) is 22.7 Å². The number of hydrogen-bond acceptors (Lipinski definition) is 4. The van der Waals surface area contributed by atoms with Crippen LogP contribution in [0.15, 0.2) is 12.1 Å². The number of carbonyl (C=O) groups is 3. The Morgan fingerprint density at radius 2 is 1.64 bits per heavy atom.